The van der Waals surface area contributed by atoms with Gasteiger partial charge in [-0.3, -0.25) is 4.48 Å². The standard InChI is InChI=1S/C14H22N2O2.HI/c1-10(2)11-7-8-12(16(4,5)6)13(9-11)18-14(17)15-3;/h7-10H,1-6H3;1H. The van der Waals surface area contributed by atoms with E-state index in [1.54, 1.807) is 7.05 Å². The number of carbonyl (C=O) groups is 1. The van der Waals surface area contributed by atoms with Gasteiger partial charge in [0.05, 0.1) is 21.1 Å². The van der Waals surface area contributed by atoms with Crippen LogP contribution in [0.5, 0.6) is 5.75 Å². The highest BCUT2D eigenvalue weighted by atomic mass is 127. The maximum absolute atomic E-state index is 11.4. The molecule has 0 aliphatic heterocycles. The van der Waals surface area contributed by atoms with Gasteiger partial charge < -0.3 is 34.0 Å². The first-order valence-corrected chi connectivity index (χ1v) is 6.11. The van der Waals surface area contributed by atoms with Crippen molar-refractivity contribution in [3.63, 3.8) is 0 Å². The SMILES string of the molecule is CNC(=O)Oc1cc(C(C)C)ccc1[N+](C)(C)C.[I-]. The van der Waals surface area contributed by atoms with E-state index >= 15 is 0 Å². The number of halogens is 1. The number of hydrogen-bond acceptors (Lipinski definition) is 2. The first-order chi connectivity index (χ1) is 8.25. The van der Waals surface area contributed by atoms with E-state index in [0.29, 0.717) is 16.2 Å². The van der Waals surface area contributed by atoms with Crippen molar-refractivity contribution < 1.29 is 33.5 Å². The average molecular weight is 378 g/mol. The van der Waals surface area contributed by atoms with Crippen LogP contribution in [-0.2, 0) is 0 Å². The number of hydrogen-bond donors (Lipinski definition) is 1. The van der Waals surface area contributed by atoms with Crippen molar-refractivity contribution in [2.75, 3.05) is 28.2 Å². The van der Waals surface area contributed by atoms with Gasteiger partial charge >= 0.3 is 6.09 Å². The normalized spacial score (nSPS) is 10.9. The third-order valence-electron chi connectivity index (χ3n) is 2.78. The summed E-state index contributed by atoms with van der Waals surface area (Å²) in [7, 11) is 7.68. The van der Waals surface area contributed by atoms with Gasteiger partial charge in [-0.2, -0.15) is 0 Å². The Labute approximate surface area is 132 Å². The molecule has 1 aromatic carbocycles. The zero-order valence-electron chi connectivity index (χ0n) is 12.5. The summed E-state index contributed by atoms with van der Waals surface area (Å²) >= 11 is 0. The van der Waals surface area contributed by atoms with Gasteiger partial charge in [0.2, 0.25) is 0 Å². The molecule has 1 aromatic rings. The lowest BCUT2D eigenvalue weighted by molar-refractivity contribution is -0.00000920. The minimum atomic E-state index is -0.439. The van der Waals surface area contributed by atoms with Gasteiger partial charge in [0.15, 0.2) is 11.4 Å². The lowest BCUT2D eigenvalue weighted by Gasteiger charge is -2.26. The van der Waals surface area contributed by atoms with Crippen molar-refractivity contribution in [2.24, 2.45) is 0 Å². The zero-order valence-corrected chi connectivity index (χ0v) is 14.6. The van der Waals surface area contributed by atoms with Gasteiger partial charge in [-0.05, 0) is 17.5 Å². The van der Waals surface area contributed by atoms with Crippen LogP contribution in [0.1, 0.15) is 25.3 Å². The van der Waals surface area contributed by atoms with Crippen LogP contribution in [-0.4, -0.2) is 34.3 Å². The molecule has 0 bridgehead atoms. The van der Waals surface area contributed by atoms with Crippen molar-refractivity contribution >= 4 is 11.8 Å². The number of ether oxygens (including phenoxy) is 1. The zero-order chi connectivity index (χ0) is 13.9. The van der Waals surface area contributed by atoms with Crippen LogP contribution in [0.4, 0.5) is 10.5 Å². The van der Waals surface area contributed by atoms with E-state index in [1.807, 2.05) is 33.3 Å². The molecule has 1 rings (SSSR count). The number of nitrogens with one attached hydrogen (secondary N) is 1. The van der Waals surface area contributed by atoms with E-state index in [1.165, 1.54) is 0 Å². The fraction of sp³-hybridized carbons (Fsp3) is 0.500. The van der Waals surface area contributed by atoms with Crippen molar-refractivity contribution in [2.45, 2.75) is 19.8 Å². The number of rotatable bonds is 3. The molecule has 1 N–H and O–H groups in total. The molecular weight excluding hydrogens is 355 g/mol. The lowest BCUT2D eigenvalue weighted by Crippen LogP contribution is -3.00. The van der Waals surface area contributed by atoms with Crippen molar-refractivity contribution in [1.82, 2.24) is 9.80 Å². The van der Waals surface area contributed by atoms with Crippen LogP contribution in [0.3, 0.4) is 0 Å². The Hall–Kier alpha value is -0.820. The van der Waals surface area contributed by atoms with Crippen LogP contribution in [0, 0.1) is 0 Å². The van der Waals surface area contributed by atoms with Crippen molar-refractivity contribution in [3.05, 3.63) is 23.8 Å². The van der Waals surface area contributed by atoms with Crippen LogP contribution in [0.15, 0.2) is 18.2 Å². The molecule has 0 atom stereocenters. The predicted octanol–water partition coefficient (Wildman–Crippen LogP) is -0.271. The van der Waals surface area contributed by atoms with E-state index in [2.05, 4.69) is 25.2 Å². The van der Waals surface area contributed by atoms with Gasteiger partial charge in [0, 0.05) is 13.1 Å². The third kappa shape index (κ3) is 4.99. The van der Waals surface area contributed by atoms with Gasteiger partial charge in [0.25, 0.3) is 0 Å². The first-order valence-electron chi connectivity index (χ1n) is 6.11. The monoisotopic (exact) mass is 378 g/mol. The average Bonchev–Trinajstić information content (AvgIpc) is 2.27. The Morgan fingerprint density at radius 1 is 1.26 bits per heavy atom. The summed E-state index contributed by atoms with van der Waals surface area (Å²) in [5.41, 5.74) is 2.13. The number of carbonyl (C=O) groups excluding carboxylic acids is 1. The minimum absolute atomic E-state index is 0. The Kier molecular flexibility index (Phi) is 6.79. The second-order valence-electron chi connectivity index (χ2n) is 5.53. The van der Waals surface area contributed by atoms with Gasteiger partial charge in [-0.15, -0.1) is 0 Å². The van der Waals surface area contributed by atoms with E-state index in [0.717, 1.165) is 11.3 Å². The largest absolute Gasteiger partial charge is 1.00 e. The highest BCUT2D eigenvalue weighted by molar-refractivity contribution is 5.73. The van der Waals surface area contributed by atoms with Gasteiger partial charge in [-0.25, -0.2) is 4.79 Å². The first kappa shape index (κ1) is 18.2. The maximum Gasteiger partial charge on any atom is 0.412 e. The summed E-state index contributed by atoms with van der Waals surface area (Å²) in [4.78, 5) is 11.4. The molecule has 4 nitrogen and oxygen atoms in total. The minimum Gasteiger partial charge on any atom is -1.00 e. The van der Waals surface area contributed by atoms with Crippen LogP contribution >= 0.6 is 0 Å². The smallest absolute Gasteiger partial charge is 0.412 e. The molecule has 0 spiro atoms. The molecule has 0 aromatic heterocycles. The number of nitrogens with zero attached hydrogens (tertiary/aromatic N) is 1. The highest BCUT2D eigenvalue weighted by Crippen LogP contribution is 2.33. The predicted molar refractivity (Wildman–Crippen MR) is 75.2 cm³/mol. The summed E-state index contributed by atoms with van der Waals surface area (Å²) in [5.74, 6) is 1.02. The van der Waals surface area contributed by atoms with Gasteiger partial charge in [0.1, 0.15) is 0 Å². The Balaban J connectivity index is 0.00000324. The van der Waals surface area contributed by atoms with Crippen LogP contribution in [0.25, 0.3) is 0 Å². The summed E-state index contributed by atoms with van der Waals surface area (Å²) < 4.78 is 5.95. The Morgan fingerprint density at radius 2 is 1.84 bits per heavy atom. The van der Waals surface area contributed by atoms with E-state index < -0.39 is 6.09 Å². The summed E-state index contributed by atoms with van der Waals surface area (Å²) in [6, 6.07) is 6.05. The highest BCUT2D eigenvalue weighted by Gasteiger charge is 2.21. The third-order valence-corrected chi connectivity index (χ3v) is 2.78. The molecule has 1 amide bonds. The fourth-order valence-electron chi connectivity index (χ4n) is 1.68. The molecule has 19 heavy (non-hydrogen) atoms. The van der Waals surface area contributed by atoms with E-state index in [-0.39, 0.29) is 24.0 Å². The van der Waals surface area contributed by atoms with Crippen LogP contribution in [0.2, 0.25) is 0 Å². The van der Waals surface area contributed by atoms with Crippen LogP contribution < -0.4 is 38.5 Å². The summed E-state index contributed by atoms with van der Waals surface area (Å²) in [6.07, 6.45) is -0.439. The number of benzene rings is 1. The summed E-state index contributed by atoms with van der Waals surface area (Å²) in [6.45, 7) is 4.23. The number of quaternary nitrogens is 1. The molecule has 0 saturated heterocycles. The van der Waals surface area contributed by atoms with Gasteiger partial charge in [-0.1, -0.05) is 19.9 Å². The molecule has 0 unspecified atom stereocenters. The quantitative estimate of drug-likeness (QED) is 0.581. The Morgan fingerprint density at radius 3 is 2.26 bits per heavy atom. The topological polar surface area (TPSA) is 38.3 Å². The molecule has 0 aliphatic carbocycles. The van der Waals surface area contributed by atoms with E-state index in [9.17, 15) is 4.79 Å². The second-order valence-corrected chi connectivity index (χ2v) is 5.53. The molecule has 5 heteroatoms. The van der Waals surface area contributed by atoms with E-state index in [4.69, 9.17) is 4.74 Å². The van der Waals surface area contributed by atoms with Crippen molar-refractivity contribution in [3.8, 4) is 5.75 Å². The molecule has 0 fully saturated rings. The molecular formula is C14H23IN2O2. The second kappa shape index (κ2) is 7.09. The van der Waals surface area contributed by atoms with Crippen molar-refractivity contribution in [1.29, 1.82) is 0 Å². The number of amides is 1. The summed E-state index contributed by atoms with van der Waals surface area (Å²) in [5, 5.41) is 2.47. The Bertz CT molecular complexity index is 440. The fourth-order valence-corrected chi connectivity index (χ4v) is 1.68. The molecule has 0 aliphatic rings. The molecule has 0 saturated carbocycles. The lowest BCUT2D eigenvalue weighted by atomic mass is 10.0. The maximum atomic E-state index is 11.4. The molecule has 0 heterocycles. The molecule has 108 valence electrons. The molecule has 0 radical (unpaired) electrons.